The van der Waals surface area contributed by atoms with Crippen LogP contribution >= 0.6 is 0 Å². The fourth-order valence-corrected chi connectivity index (χ4v) is 3.18. The molecule has 0 aliphatic heterocycles. The maximum Gasteiger partial charge on any atom is 0.329 e. The molecular formula is C18H23N3O6. The molecule has 2 rings (SSSR count). The summed E-state index contributed by atoms with van der Waals surface area (Å²) in [7, 11) is 0. The van der Waals surface area contributed by atoms with Gasteiger partial charge in [-0.1, -0.05) is 25.7 Å². The molecule has 146 valence electrons. The number of carboxylic acids is 1. The number of nitrogens with one attached hydrogen (secondary N) is 2. The first-order valence-corrected chi connectivity index (χ1v) is 8.91. The van der Waals surface area contributed by atoms with Gasteiger partial charge in [0.1, 0.15) is 5.54 Å². The van der Waals surface area contributed by atoms with Gasteiger partial charge < -0.3 is 15.7 Å². The summed E-state index contributed by atoms with van der Waals surface area (Å²) in [4.78, 5) is 45.9. The second-order valence-corrected chi connectivity index (χ2v) is 6.66. The van der Waals surface area contributed by atoms with Crippen LogP contribution in [0.1, 0.15) is 55.3 Å². The minimum Gasteiger partial charge on any atom is -0.480 e. The average Bonchev–Trinajstić information content (AvgIpc) is 2.88. The molecule has 3 N–H and O–H groups in total. The fraction of sp³-hybridized carbons (Fsp3) is 0.500. The van der Waals surface area contributed by atoms with Crippen molar-refractivity contribution in [1.29, 1.82) is 0 Å². The molecule has 9 heteroatoms. The molecule has 1 fully saturated rings. The third-order valence-electron chi connectivity index (χ3n) is 4.72. The Morgan fingerprint density at radius 3 is 2.19 bits per heavy atom. The van der Waals surface area contributed by atoms with Crippen LogP contribution in [0, 0.1) is 10.1 Å². The van der Waals surface area contributed by atoms with Gasteiger partial charge in [0.05, 0.1) is 4.92 Å². The summed E-state index contributed by atoms with van der Waals surface area (Å²) in [6.07, 6.45) is 4.18. The molecule has 0 atom stereocenters. The molecule has 0 unspecified atom stereocenters. The zero-order chi connectivity index (χ0) is 19.9. The van der Waals surface area contributed by atoms with E-state index in [1.54, 1.807) is 0 Å². The molecular weight excluding hydrogens is 354 g/mol. The Morgan fingerprint density at radius 1 is 1.07 bits per heavy atom. The predicted octanol–water partition coefficient (Wildman–Crippen LogP) is 2.01. The van der Waals surface area contributed by atoms with E-state index in [9.17, 15) is 29.6 Å². The number of hydrogen-bond donors (Lipinski definition) is 3. The number of nitro benzene ring substituents is 1. The molecule has 1 saturated carbocycles. The van der Waals surface area contributed by atoms with Crippen molar-refractivity contribution in [3.05, 3.63) is 39.9 Å². The van der Waals surface area contributed by atoms with Crippen LogP contribution < -0.4 is 10.6 Å². The highest BCUT2D eigenvalue weighted by Gasteiger charge is 2.39. The molecule has 9 nitrogen and oxygen atoms in total. The number of rotatable bonds is 7. The molecule has 0 aromatic heterocycles. The van der Waals surface area contributed by atoms with Crippen LogP contribution in [-0.4, -0.2) is 39.9 Å². The van der Waals surface area contributed by atoms with Crippen LogP contribution in [0.2, 0.25) is 0 Å². The number of carbonyl (C=O) groups is 3. The monoisotopic (exact) mass is 377 g/mol. The Labute approximate surface area is 156 Å². The average molecular weight is 377 g/mol. The Hall–Kier alpha value is -2.97. The van der Waals surface area contributed by atoms with Crippen LogP contribution in [0.25, 0.3) is 0 Å². The van der Waals surface area contributed by atoms with Crippen molar-refractivity contribution in [1.82, 2.24) is 10.6 Å². The number of non-ortho nitro benzene ring substituents is 1. The smallest absolute Gasteiger partial charge is 0.329 e. The van der Waals surface area contributed by atoms with E-state index in [4.69, 9.17) is 0 Å². The van der Waals surface area contributed by atoms with E-state index in [-0.39, 0.29) is 24.2 Å². The highest BCUT2D eigenvalue weighted by molar-refractivity contribution is 5.94. The van der Waals surface area contributed by atoms with Gasteiger partial charge in [-0.25, -0.2) is 4.79 Å². The highest BCUT2D eigenvalue weighted by Crippen LogP contribution is 2.27. The summed E-state index contributed by atoms with van der Waals surface area (Å²) in [6.45, 7) is 0.0390. The summed E-state index contributed by atoms with van der Waals surface area (Å²) in [5, 5.41) is 25.4. The Kier molecular flexibility index (Phi) is 6.86. The lowest BCUT2D eigenvalue weighted by molar-refractivity contribution is -0.384. The molecule has 0 bridgehead atoms. The van der Waals surface area contributed by atoms with Crippen LogP contribution in [0.4, 0.5) is 5.69 Å². The van der Waals surface area contributed by atoms with Crippen molar-refractivity contribution in [3.63, 3.8) is 0 Å². The molecule has 0 radical (unpaired) electrons. The number of nitro groups is 1. The lowest BCUT2D eigenvalue weighted by atomic mass is 9.90. The van der Waals surface area contributed by atoms with Crippen molar-refractivity contribution in [2.45, 2.75) is 50.5 Å². The number of carbonyl (C=O) groups excluding carboxylic acids is 2. The first kappa shape index (κ1) is 20.3. The third kappa shape index (κ3) is 5.50. The first-order chi connectivity index (χ1) is 12.8. The number of hydrogen-bond acceptors (Lipinski definition) is 5. The molecule has 1 aromatic rings. The van der Waals surface area contributed by atoms with E-state index in [1.807, 2.05) is 0 Å². The summed E-state index contributed by atoms with van der Waals surface area (Å²) in [5.74, 6) is -1.91. The number of benzene rings is 1. The lowest BCUT2D eigenvalue weighted by Crippen LogP contribution is -2.54. The first-order valence-electron chi connectivity index (χ1n) is 8.91. The zero-order valence-electron chi connectivity index (χ0n) is 14.9. The van der Waals surface area contributed by atoms with E-state index >= 15 is 0 Å². The van der Waals surface area contributed by atoms with Gasteiger partial charge in [0.25, 0.3) is 11.6 Å². The Bertz CT molecular complexity index is 708. The van der Waals surface area contributed by atoms with E-state index in [2.05, 4.69) is 10.6 Å². The van der Waals surface area contributed by atoms with Crippen LogP contribution in [0.3, 0.4) is 0 Å². The quantitative estimate of drug-likeness (QED) is 0.377. The van der Waals surface area contributed by atoms with Gasteiger partial charge in [-0.2, -0.15) is 0 Å². The molecule has 0 saturated heterocycles. The van der Waals surface area contributed by atoms with Gasteiger partial charge in [0, 0.05) is 30.7 Å². The van der Waals surface area contributed by atoms with Crippen LogP contribution in [0.15, 0.2) is 24.3 Å². The lowest BCUT2D eigenvalue weighted by Gasteiger charge is -2.29. The summed E-state index contributed by atoms with van der Waals surface area (Å²) in [6, 6.07) is 5.12. The normalized spacial score (nSPS) is 16.0. The molecule has 0 spiro atoms. The van der Waals surface area contributed by atoms with E-state index in [1.165, 1.54) is 24.3 Å². The molecule has 1 aromatic carbocycles. The van der Waals surface area contributed by atoms with Gasteiger partial charge in [-0.3, -0.25) is 19.7 Å². The predicted molar refractivity (Wildman–Crippen MR) is 96.3 cm³/mol. The van der Waals surface area contributed by atoms with Crippen molar-refractivity contribution >= 4 is 23.5 Å². The number of carboxylic acid groups (broad SMARTS) is 1. The molecule has 27 heavy (non-hydrogen) atoms. The fourth-order valence-electron chi connectivity index (χ4n) is 3.18. The molecule has 1 aliphatic rings. The minimum atomic E-state index is -1.23. The van der Waals surface area contributed by atoms with Gasteiger partial charge in [-0.05, 0) is 25.0 Å². The standard InChI is InChI=1S/C18H23N3O6/c22-15(20-18(17(24)25)10-3-1-2-4-11-18)9-12-19-16(23)13-5-7-14(8-6-13)21(26)27/h5-8H,1-4,9-12H2,(H,19,23)(H,20,22)(H,24,25). The highest BCUT2D eigenvalue weighted by atomic mass is 16.6. The van der Waals surface area contributed by atoms with Gasteiger partial charge in [0.15, 0.2) is 0 Å². The summed E-state index contributed by atoms with van der Waals surface area (Å²) >= 11 is 0. The maximum atomic E-state index is 12.2. The van der Waals surface area contributed by atoms with Crippen molar-refractivity contribution in [2.24, 2.45) is 0 Å². The SMILES string of the molecule is O=C(CCNC(=O)c1ccc([N+](=O)[O-])cc1)NC1(C(=O)O)CCCCCC1. The van der Waals surface area contributed by atoms with Crippen molar-refractivity contribution < 1.29 is 24.4 Å². The molecule has 0 heterocycles. The third-order valence-corrected chi connectivity index (χ3v) is 4.72. The van der Waals surface area contributed by atoms with E-state index < -0.39 is 28.2 Å². The second-order valence-electron chi connectivity index (χ2n) is 6.66. The van der Waals surface area contributed by atoms with E-state index in [0.717, 1.165) is 25.7 Å². The zero-order valence-corrected chi connectivity index (χ0v) is 14.9. The van der Waals surface area contributed by atoms with Gasteiger partial charge in [0.2, 0.25) is 5.91 Å². The summed E-state index contributed by atoms with van der Waals surface area (Å²) in [5.41, 5.74) is -1.10. The number of amides is 2. The number of nitrogens with zero attached hydrogens (tertiary/aromatic N) is 1. The van der Waals surface area contributed by atoms with Crippen molar-refractivity contribution in [3.8, 4) is 0 Å². The molecule has 2 amide bonds. The van der Waals surface area contributed by atoms with Crippen LogP contribution in [-0.2, 0) is 9.59 Å². The Morgan fingerprint density at radius 2 is 1.67 bits per heavy atom. The van der Waals surface area contributed by atoms with Crippen molar-refractivity contribution in [2.75, 3.05) is 6.54 Å². The Balaban J connectivity index is 1.84. The number of aliphatic carboxylic acids is 1. The summed E-state index contributed by atoms with van der Waals surface area (Å²) < 4.78 is 0. The van der Waals surface area contributed by atoms with Crippen LogP contribution in [0.5, 0.6) is 0 Å². The van der Waals surface area contributed by atoms with E-state index in [0.29, 0.717) is 12.8 Å². The maximum absolute atomic E-state index is 12.2. The largest absolute Gasteiger partial charge is 0.480 e. The second kappa shape index (κ2) is 9.11. The molecule has 1 aliphatic carbocycles. The van der Waals surface area contributed by atoms with Gasteiger partial charge in [-0.15, -0.1) is 0 Å². The van der Waals surface area contributed by atoms with Gasteiger partial charge >= 0.3 is 5.97 Å². The topological polar surface area (TPSA) is 139 Å². The minimum absolute atomic E-state index is 0.0390.